The second kappa shape index (κ2) is 4.69. The highest BCUT2D eigenvalue weighted by Gasteiger charge is 2.16. The van der Waals surface area contributed by atoms with Gasteiger partial charge < -0.3 is 10.0 Å². The number of rotatable bonds is 3. The van der Waals surface area contributed by atoms with E-state index in [1.807, 2.05) is 0 Å². The topological polar surface area (TPSA) is 83.4 Å². The molecular formula is C10H13N3O3. The minimum atomic E-state index is -1.06. The number of carbonyl (C=O) groups excluding carboxylic acids is 1. The molecule has 1 N–H and O–H groups in total. The van der Waals surface area contributed by atoms with E-state index in [0.29, 0.717) is 11.5 Å². The first kappa shape index (κ1) is 12.1. The number of aliphatic carboxylic acids is 1. The lowest BCUT2D eigenvalue weighted by molar-refractivity contribution is -0.137. The van der Waals surface area contributed by atoms with Gasteiger partial charge in [-0.25, -0.2) is 9.97 Å². The fourth-order valence-corrected chi connectivity index (χ4v) is 1.30. The van der Waals surface area contributed by atoms with Gasteiger partial charge in [-0.1, -0.05) is 0 Å². The predicted octanol–water partition coefficient (Wildman–Crippen LogP) is 0.250. The first-order valence-electron chi connectivity index (χ1n) is 4.69. The number of likely N-dealkylation sites (N-methyl/N-ethyl adjacent to an activating group) is 1. The van der Waals surface area contributed by atoms with Crippen LogP contribution in [0.2, 0.25) is 0 Å². The SMILES string of the molecule is Cc1cc(C(=O)N(C)CC(=O)O)nc(C)n1. The molecule has 6 nitrogen and oxygen atoms in total. The van der Waals surface area contributed by atoms with Crippen molar-refractivity contribution in [2.45, 2.75) is 13.8 Å². The molecule has 0 saturated carbocycles. The van der Waals surface area contributed by atoms with Gasteiger partial charge in [0.1, 0.15) is 18.1 Å². The van der Waals surface area contributed by atoms with Crippen LogP contribution in [-0.4, -0.2) is 45.4 Å². The molecule has 1 aromatic rings. The van der Waals surface area contributed by atoms with Crippen LogP contribution in [0.1, 0.15) is 22.0 Å². The van der Waals surface area contributed by atoms with E-state index in [-0.39, 0.29) is 12.2 Å². The van der Waals surface area contributed by atoms with Gasteiger partial charge in [0.05, 0.1) is 0 Å². The summed E-state index contributed by atoms with van der Waals surface area (Å²) in [5.74, 6) is -0.985. The molecule has 6 heteroatoms. The molecule has 1 rings (SSSR count). The molecule has 0 aliphatic rings. The Morgan fingerprint density at radius 3 is 2.50 bits per heavy atom. The van der Waals surface area contributed by atoms with Crippen LogP contribution in [0.25, 0.3) is 0 Å². The molecule has 0 atom stereocenters. The average molecular weight is 223 g/mol. The molecule has 0 unspecified atom stereocenters. The van der Waals surface area contributed by atoms with E-state index in [4.69, 9.17) is 5.11 Å². The number of aromatic nitrogens is 2. The Bertz CT molecular complexity index is 411. The summed E-state index contributed by atoms with van der Waals surface area (Å²) >= 11 is 0. The number of hydrogen-bond donors (Lipinski definition) is 1. The zero-order chi connectivity index (χ0) is 12.3. The summed E-state index contributed by atoms with van der Waals surface area (Å²) in [7, 11) is 1.42. The van der Waals surface area contributed by atoms with Crippen molar-refractivity contribution in [2.75, 3.05) is 13.6 Å². The van der Waals surface area contributed by atoms with E-state index in [1.54, 1.807) is 13.8 Å². The minimum Gasteiger partial charge on any atom is -0.480 e. The summed E-state index contributed by atoms with van der Waals surface area (Å²) in [6, 6.07) is 1.54. The quantitative estimate of drug-likeness (QED) is 0.794. The summed E-state index contributed by atoms with van der Waals surface area (Å²) in [6.45, 7) is 3.09. The second-order valence-electron chi connectivity index (χ2n) is 3.50. The highest BCUT2D eigenvalue weighted by molar-refractivity contribution is 5.93. The van der Waals surface area contributed by atoms with E-state index >= 15 is 0 Å². The van der Waals surface area contributed by atoms with Gasteiger partial charge in [0.15, 0.2) is 0 Å². The number of carboxylic acids is 1. The third-order valence-electron chi connectivity index (χ3n) is 1.90. The number of aryl methyl sites for hydroxylation is 2. The first-order valence-corrected chi connectivity index (χ1v) is 4.69. The molecule has 86 valence electrons. The van der Waals surface area contributed by atoms with E-state index in [9.17, 15) is 9.59 Å². The Morgan fingerprint density at radius 2 is 2.00 bits per heavy atom. The van der Waals surface area contributed by atoms with Gasteiger partial charge in [0.25, 0.3) is 5.91 Å². The molecular weight excluding hydrogens is 210 g/mol. The standard InChI is InChI=1S/C10H13N3O3/c1-6-4-8(12-7(2)11-6)10(16)13(3)5-9(14)15/h4H,5H2,1-3H3,(H,14,15). The van der Waals surface area contributed by atoms with Crippen LogP contribution >= 0.6 is 0 Å². The molecule has 1 aromatic heterocycles. The van der Waals surface area contributed by atoms with Crippen molar-refractivity contribution in [1.82, 2.24) is 14.9 Å². The smallest absolute Gasteiger partial charge is 0.323 e. The Hall–Kier alpha value is -1.98. The predicted molar refractivity (Wildman–Crippen MR) is 56.1 cm³/mol. The molecule has 0 aliphatic carbocycles. The Morgan fingerprint density at radius 1 is 1.38 bits per heavy atom. The van der Waals surface area contributed by atoms with Crippen molar-refractivity contribution in [3.05, 3.63) is 23.3 Å². The molecule has 0 bridgehead atoms. The van der Waals surface area contributed by atoms with Gasteiger partial charge in [0.2, 0.25) is 0 Å². The van der Waals surface area contributed by atoms with Crippen molar-refractivity contribution >= 4 is 11.9 Å². The summed E-state index contributed by atoms with van der Waals surface area (Å²) in [6.07, 6.45) is 0. The number of nitrogens with zero attached hydrogens (tertiary/aromatic N) is 3. The van der Waals surface area contributed by atoms with Gasteiger partial charge in [-0.2, -0.15) is 0 Å². The lowest BCUT2D eigenvalue weighted by Gasteiger charge is -2.14. The molecule has 0 radical (unpaired) electrons. The van der Waals surface area contributed by atoms with Crippen LogP contribution in [0.3, 0.4) is 0 Å². The van der Waals surface area contributed by atoms with E-state index in [0.717, 1.165) is 4.90 Å². The highest BCUT2D eigenvalue weighted by atomic mass is 16.4. The maximum absolute atomic E-state index is 11.8. The minimum absolute atomic E-state index is 0.216. The molecule has 0 aliphatic heterocycles. The molecule has 1 heterocycles. The Balaban J connectivity index is 2.91. The zero-order valence-corrected chi connectivity index (χ0v) is 9.39. The van der Waals surface area contributed by atoms with Gasteiger partial charge in [-0.05, 0) is 19.9 Å². The maximum Gasteiger partial charge on any atom is 0.323 e. The first-order chi connectivity index (χ1) is 7.40. The van der Waals surface area contributed by atoms with Crippen LogP contribution in [0.5, 0.6) is 0 Å². The number of hydrogen-bond acceptors (Lipinski definition) is 4. The van der Waals surface area contributed by atoms with Gasteiger partial charge in [-0.15, -0.1) is 0 Å². The van der Waals surface area contributed by atoms with Gasteiger partial charge in [0, 0.05) is 12.7 Å². The fourth-order valence-electron chi connectivity index (χ4n) is 1.30. The molecule has 0 spiro atoms. The number of carbonyl (C=O) groups is 2. The van der Waals surface area contributed by atoms with E-state index < -0.39 is 11.9 Å². The largest absolute Gasteiger partial charge is 0.480 e. The Labute approximate surface area is 92.9 Å². The Kier molecular flexibility index (Phi) is 3.55. The fraction of sp³-hybridized carbons (Fsp3) is 0.400. The lowest BCUT2D eigenvalue weighted by Crippen LogP contribution is -2.32. The summed E-state index contributed by atoms with van der Waals surface area (Å²) in [5, 5.41) is 8.56. The highest BCUT2D eigenvalue weighted by Crippen LogP contribution is 2.03. The van der Waals surface area contributed by atoms with Crippen molar-refractivity contribution in [3.8, 4) is 0 Å². The van der Waals surface area contributed by atoms with Crippen LogP contribution in [0.4, 0.5) is 0 Å². The molecule has 16 heavy (non-hydrogen) atoms. The van der Waals surface area contributed by atoms with Crippen LogP contribution in [0, 0.1) is 13.8 Å². The average Bonchev–Trinajstić information content (AvgIpc) is 2.13. The van der Waals surface area contributed by atoms with Crippen molar-refractivity contribution in [3.63, 3.8) is 0 Å². The molecule has 1 amide bonds. The van der Waals surface area contributed by atoms with E-state index in [1.165, 1.54) is 13.1 Å². The van der Waals surface area contributed by atoms with Gasteiger partial charge >= 0.3 is 5.97 Å². The lowest BCUT2D eigenvalue weighted by atomic mass is 10.3. The normalized spacial score (nSPS) is 9.94. The van der Waals surface area contributed by atoms with Crippen LogP contribution < -0.4 is 0 Å². The number of amides is 1. The van der Waals surface area contributed by atoms with Crippen molar-refractivity contribution < 1.29 is 14.7 Å². The zero-order valence-electron chi connectivity index (χ0n) is 9.39. The van der Waals surface area contributed by atoms with Crippen LogP contribution in [0.15, 0.2) is 6.07 Å². The van der Waals surface area contributed by atoms with Crippen molar-refractivity contribution in [1.29, 1.82) is 0 Å². The van der Waals surface area contributed by atoms with E-state index in [2.05, 4.69) is 9.97 Å². The maximum atomic E-state index is 11.8. The number of carboxylic acid groups (broad SMARTS) is 1. The summed E-state index contributed by atoms with van der Waals surface area (Å²) in [4.78, 5) is 31.3. The third-order valence-corrected chi connectivity index (χ3v) is 1.90. The third kappa shape index (κ3) is 3.01. The van der Waals surface area contributed by atoms with Crippen LogP contribution in [-0.2, 0) is 4.79 Å². The van der Waals surface area contributed by atoms with Gasteiger partial charge in [-0.3, -0.25) is 9.59 Å². The molecule has 0 fully saturated rings. The molecule has 0 saturated heterocycles. The summed E-state index contributed by atoms with van der Waals surface area (Å²) in [5.41, 5.74) is 0.897. The van der Waals surface area contributed by atoms with Crippen molar-refractivity contribution in [2.24, 2.45) is 0 Å². The summed E-state index contributed by atoms with van der Waals surface area (Å²) < 4.78 is 0. The second-order valence-corrected chi connectivity index (χ2v) is 3.50. The monoisotopic (exact) mass is 223 g/mol. The molecule has 0 aromatic carbocycles.